The molecule has 1 aromatic heterocycles. The van der Waals surface area contributed by atoms with E-state index in [1.807, 2.05) is 0 Å². The summed E-state index contributed by atoms with van der Waals surface area (Å²) in [5, 5.41) is 8.91. The average molecular weight is 427 g/mol. The number of anilines is 1. The van der Waals surface area contributed by atoms with Crippen LogP contribution in [0.15, 0.2) is 33.6 Å². The molecule has 0 radical (unpaired) electrons. The van der Waals surface area contributed by atoms with E-state index in [2.05, 4.69) is 14.7 Å². The number of Topliss-reactive ketones (excluding diaryl/α,β-unsaturated/α-hetero) is 1. The minimum absolute atomic E-state index is 0.0638. The lowest BCUT2D eigenvalue weighted by atomic mass is 10.1. The SMILES string of the molecule is COc1cc(S(=O)(=O)Nc2scnc2C(=O)O)ccc1CC(=O)CN=C(N)N. The molecule has 11 nitrogen and oxygen atoms in total. The topological polar surface area (TPSA) is 187 Å². The molecule has 0 amide bonds. The van der Waals surface area contributed by atoms with Gasteiger partial charge >= 0.3 is 5.97 Å². The maximum absolute atomic E-state index is 12.6. The maximum atomic E-state index is 12.6. The fraction of sp³-hybridized carbons (Fsp3) is 0.200. The van der Waals surface area contributed by atoms with Gasteiger partial charge in [-0.3, -0.25) is 9.52 Å². The van der Waals surface area contributed by atoms with Gasteiger partial charge in [0.1, 0.15) is 17.3 Å². The maximum Gasteiger partial charge on any atom is 0.357 e. The van der Waals surface area contributed by atoms with Crippen molar-refractivity contribution in [3.05, 3.63) is 35.0 Å². The monoisotopic (exact) mass is 427 g/mol. The summed E-state index contributed by atoms with van der Waals surface area (Å²) in [5.74, 6) is -1.69. The minimum atomic E-state index is -4.10. The Kier molecular flexibility index (Phi) is 6.53. The third kappa shape index (κ3) is 5.17. The van der Waals surface area contributed by atoms with Crippen LogP contribution in [0.3, 0.4) is 0 Å². The molecule has 0 saturated carbocycles. The van der Waals surface area contributed by atoms with Gasteiger partial charge in [0.25, 0.3) is 10.0 Å². The Morgan fingerprint density at radius 1 is 1.36 bits per heavy atom. The fourth-order valence-corrected chi connectivity index (χ4v) is 4.14. The first-order chi connectivity index (χ1) is 13.1. The number of hydrogen-bond acceptors (Lipinski definition) is 8. The van der Waals surface area contributed by atoms with Gasteiger partial charge in [-0.25, -0.2) is 23.2 Å². The number of ketones is 1. The number of carboxylic acids is 1. The van der Waals surface area contributed by atoms with Crippen molar-refractivity contribution in [2.24, 2.45) is 16.5 Å². The first kappa shape index (κ1) is 21.1. The first-order valence-electron chi connectivity index (χ1n) is 7.57. The van der Waals surface area contributed by atoms with Gasteiger partial charge in [0.2, 0.25) is 0 Å². The number of carbonyl (C=O) groups excluding carboxylic acids is 1. The average Bonchev–Trinajstić information content (AvgIpc) is 3.07. The Bertz CT molecular complexity index is 1030. The summed E-state index contributed by atoms with van der Waals surface area (Å²) in [6.07, 6.45) is -0.0638. The van der Waals surface area contributed by atoms with Crippen molar-refractivity contribution in [1.29, 1.82) is 0 Å². The molecule has 0 aliphatic carbocycles. The quantitative estimate of drug-likeness (QED) is 0.316. The number of nitrogens with two attached hydrogens (primary N) is 2. The number of sulfonamides is 1. The normalized spacial score (nSPS) is 10.9. The van der Waals surface area contributed by atoms with Crippen molar-refractivity contribution in [3.63, 3.8) is 0 Å². The number of carbonyl (C=O) groups is 2. The standard InChI is InChI=1S/C15H17N5O6S2/c1-26-11-5-10(3-2-8(11)4-9(21)6-18-15(16)17)28(24,25)20-13-12(14(22)23)19-7-27-13/h2-3,5,7,20H,4,6H2,1H3,(H,22,23)(H4,16,17,18). The molecule has 0 aliphatic heterocycles. The molecule has 0 saturated heterocycles. The molecule has 150 valence electrons. The van der Waals surface area contributed by atoms with Crippen LogP contribution in [-0.4, -0.2) is 49.9 Å². The second kappa shape index (κ2) is 8.67. The molecule has 28 heavy (non-hydrogen) atoms. The Labute approximate surface area is 164 Å². The highest BCUT2D eigenvalue weighted by Gasteiger charge is 2.22. The highest BCUT2D eigenvalue weighted by molar-refractivity contribution is 7.93. The van der Waals surface area contributed by atoms with Crippen LogP contribution in [0.1, 0.15) is 16.1 Å². The summed E-state index contributed by atoms with van der Waals surface area (Å²) in [6.45, 7) is -0.212. The summed E-state index contributed by atoms with van der Waals surface area (Å²) in [5.41, 5.74) is 11.6. The summed E-state index contributed by atoms with van der Waals surface area (Å²) >= 11 is 0.838. The minimum Gasteiger partial charge on any atom is -0.496 e. The van der Waals surface area contributed by atoms with E-state index in [1.54, 1.807) is 0 Å². The number of nitrogens with one attached hydrogen (secondary N) is 1. The zero-order valence-corrected chi connectivity index (χ0v) is 16.2. The number of methoxy groups -OCH3 is 1. The summed E-state index contributed by atoms with van der Waals surface area (Å²) in [6, 6.07) is 3.92. The van der Waals surface area contributed by atoms with Crippen LogP contribution in [0, 0.1) is 0 Å². The van der Waals surface area contributed by atoms with E-state index in [-0.39, 0.29) is 40.4 Å². The lowest BCUT2D eigenvalue weighted by Gasteiger charge is -2.11. The number of aromatic nitrogens is 1. The van der Waals surface area contributed by atoms with E-state index in [1.165, 1.54) is 30.8 Å². The number of thiazole rings is 1. The van der Waals surface area contributed by atoms with E-state index in [0.717, 1.165) is 11.3 Å². The van der Waals surface area contributed by atoms with E-state index < -0.39 is 21.7 Å². The molecule has 0 atom stereocenters. The number of aromatic carboxylic acids is 1. The molecule has 0 spiro atoms. The van der Waals surface area contributed by atoms with Crippen molar-refractivity contribution >= 4 is 44.1 Å². The largest absolute Gasteiger partial charge is 0.496 e. The third-order valence-corrected chi connectivity index (χ3v) is 5.61. The number of benzene rings is 1. The predicted octanol–water partition coefficient (Wildman–Crippen LogP) is 0.0357. The molecule has 2 aromatic rings. The van der Waals surface area contributed by atoms with Crippen molar-refractivity contribution < 1.29 is 27.9 Å². The van der Waals surface area contributed by atoms with Crippen LogP contribution in [0.4, 0.5) is 5.00 Å². The fourth-order valence-electron chi connectivity index (χ4n) is 2.14. The molecule has 2 rings (SSSR count). The summed E-state index contributed by atoms with van der Waals surface area (Å²) in [7, 11) is -2.77. The smallest absolute Gasteiger partial charge is 0.357 e. The predicted molar refractivity (Wildman–Crippen MR) is 102 cm³/mol. The van der Waals surface area contributed by atoms with Crippen LogP contribution in [0.5, 0.6) is 5.75 Å². The van der Waals surface area contributed by atoms with Crippen LogP contribution in [0.2, 0.25) is 0 Å². The molecule has 6 N–H and O–H groups in total. The molecule has 0 aliphatic rings. The molecular weight excluding hydrogens is 410 g/mol. The molecule has 1 heterocycles. The zero-order chi connectivity index (χ0) is 20.9. The highest BCUT2D eigenvalue weighted by atomic mass is 32.2. The van der Waals surface area contributed by atoms with E-state index in [9.17, 15) is 18.0 Å². The van der Waals surface area contributed by atoms with Crippen molar-refractivity contribution in [3.8, 4) is 5.75 Å². The first-order valence-corrected chi connectivity index (χ1v) is 9.94. The lowest BCUT2D eigenvalue weighted by Crippen LogP contribution is -2.24. The Morgan fingerprint density at radius 2 is 2.07 bits per heavy atom. The number of aliphatic imine (C=N–C) groups is 1. The summed E-state index contributed by atoms with van der Waals surface area (Å²) < 4.78 is 32.5. The van der Waals surface area contributed by atoms with Crippen LogP contribution < -0.4 is 20.9 Å². The van der Waals surface area contributed by atoms with Crippen LogP contribution >= 0.6 is 11.3 Å². The lowest BCUT2D eigenvalue weighted by molar-refractivity contribution is -0.117. The van der Waals surface area contributed by atoms with Gasteiger partial charge in [0, 0.05) is 18.1 Å². The number of carboxylic acid groups (broad SMARTS) is 1. The van der Waals surface area contributed by atoms with Crippen molar-refractivity contribution in [2.75, 3.05) is 18.4 Å². The van der Waals surface area contributed by atoms with E-state index in [4.69, 9.17) is 21.3 Å². The van der Waals surface area contributed by atoms with E-state index >= 15 is 0 Å². The molecular formula is C15H17N5O6S2. The number of ether oxygens (including phenoxy) is 1. The zero-order valence-electron chi connectivity index (χ0n) is 14.6. The van der Waals surface area contributed by atoms with Gasteiger partial charge in [-0.05, 0) is 6.07 Å². The van der Waals surface area contributed by atoms with Gasteiger partial charge in [-0.2, -0.15) is 0 Å². The van der Waals surface area contributed by atoms with Gasteiger partial charge < -0.3 is 21.3 Å². The molecule has 0 fully saturated rings. The second-order valence-electron chi connectivity index (χ2n) is 5.37. The number of hydrogen-bond donors (Lipinski definition) is 4. The Balaban J connectivity index is 2.26. The molecule has 1 aromatic carbocycles. The molecule has 0 unspecified atom stereocenters. The second-order valence-corrected chi connectivity index (χ2v) is 7.91. The third-order valence-electron chi connectivity index (χ3n) is 3.39. The summed E-state index contributed by atoms with van der Waals surface area (Å²) in [4.78, 5) is 30.0. The highest BCUT2D eigenvalue weighted by Crippen LogP contribution is 2.27. The Morgan fingerprint density at radius 3 is 2.68 bits per heavy atom. The molecule has 13 heteroatoms. The van der Waals surface area contributed by atoms with Crippen LogP contribution in [-0.2, 0) is 21.2 Å². The number of rotatable bonds is 9. The number of nitrogens with zero attached hydrogens (tertiary/aromatic N) is 2. The number of guanidine groups is 1. The van der Waals surface area contributed by atoms with Crippen LogP contribution in [0.25, 0.3) is 0 Å². The van der Waals surface area contributed by atoms with Gasteiger partial charge in [0.05, 0.1) is 17.5 Å². The van der Waals surface area contributed by atoms with Gasteiger partial charge in [0.15, 0.2) is 17.4 Å². The van der Waals surface area contributed by atoms with Crippen molar-refractivity contribution in [2.45, 2.75) is 11.3 Å². The molecule has 0 bridgehead atoms. The van der Waals surface area contributed by atoms with E-state index in [0.29, 0.717) is 5.56 Å². The Hall–Kier alpha value is -3.19. The van der Waals surface area contributed by atoms with Gasteiger partial charge in [-0.15, -0.1) is 11.3 Å². The van der Waals surface area contributed by atoms with Gasteiger partial charge in [-0.1, -0.05) is 6.07 Å². The van der Waals surface area contributed by atoms with Crippen molar-refractivity contribution in [1.82, 2.24) is 4.98 Å².